The van der Waals surface area contributed by atoms with E-state index in [-0.39, 0.29) is 44.8 Å². The van der Waals surface area contributed by atoms with Crippen molar-refractivity contribution in [2.75, 3.05) is 59.4 Å². The Labute approximate surface area is 243 Å². The third-order valence-electron chi connectivity index (χ3n) is 5.91. The van der Waals surface area contributed by atoms with Gasteiger partial charge in [-0.15, -0.1) is 0 Å². The molecule has 0 fully saturated rings. The number of hydrogen-bond acceptors (Lipinski definition) is 9. The lowest BCUT2D eigenvalue weighted by molar-refractivity contribution is -0.142. The number of ether oxygens (including phenoxy) is 4. The molecule has 41 heavy (non-hydrogen) atoms. The molecule has 0 aliphatic carbocycles. The standard InChI is InChI=1S/C28H50N2O11/c31-15-9-10-24(28(36)37)30-26(33)13-16-38-18-20-40-22-23-41-21-19-39-17-14-29-25(32)11-7-5-3-1-2-4-6-8-12-27(34)35/h15,24H,1-14,16-23H2,(H,29,32)(H,30,33)(H,34,35)(H,36,37)/t24-/m0/s1. The molecule has 0 aromatic rings. The number of carbonyl (C=O) groups is 5. The highest BCUT2D eigenvalue weighted by Gasteiger charge is 2.19. The highest BCUT2D eigenvalue weighted by molar-refractivity contribution is 5.83. The molecule has 0 aliphatic rings. The number of hydrogen-bond donors (Lipinski definition) is 4. The summed E-state index contributed by atoms with van der Waals surface area (Å²) in [4.78, 5) is 55.4. The Morgan fingerprint density at radius 1 is 0.610 bits per heavy atom. The van der Waals surface area contributed by atoms with Crippen LogP contribution in [0.1, 0.15) is 83.5 Å². The number of carbonyl (C=O) groups excluding carboxylic acids is 3. The summed E-state index contributed by atoms with van der Waals surface area (Å²) in [5.74, 6) is -2.33. The van der Waals surface area contributed by atoms with Crippen molar-refractivity contribution < 1.29 is 53.1 Å². The quantitative estimate of drug-likeness (QED) is 0.0684. The number of rotatable bonds is 31. The first-order chi connectivity index (χ1) is 19.9. The maximum absolute atomic E-state index is 11.8. The molecule has 0 spiro atoms. The molecule has 0 bridgehead atoms. The predicted molar refractivity (Wildman–Crippen MR) is 150 cm³/mol. The number of carboxylic acids is 2. The summed E-state index contributed by atoms with van der Waals surface area (Å²) in [6, 6.07) is -1.08. The van der Waals surface area contributed by atoms with Crippen LogP contribution in [0.2, 0.25) is 0 Å². The van der Waals surface area contributed by atoms with E-state index in [0.717, 1.165) is 51.4 Å². The van der Waals surface area contributed by atoms with Crippen LogP contribution in [0, 0.1) is 0 Å². The van der Waals surface area contributed by atoms with Crippen LogP contribution in [0.25, 0.3) is 0 Å². The predicted octanol–water partition coefficient (Wildman–Crippen LogP) is 2.09. The highest BCUT2D eigenvalue weighted by Crippen LogP contribution is 2.10. The largest absolute Gasteiger partial charge is 0.481 e. The average Bonchev–Trinajstić information content (AvgIpc) is 2.93. The van der Waals surface area contributed by atoms with E-state index in [1.54, 1.807) is 0 Å². The summed E-state index contributed by atoms with van der Waals surface area (Å²) >= 11 is 0. The summed E-state index contributed by atoms with van der Waals surface area (Å²) in [5.41, 5.74) is 0. The molecule has 0 saturated heterocycles. The van der Waals surface area contributed by atoms with Crippen molar-refractivity contribution in [3.63, 3.8) is 0 Å². The lowest BCUT2D eigenvalue weighted by Crippen LogP contribution is -2.41. The van der Waals surface area contributed by atoms with Gasteiger partial charge in [0.1, 0.15) is 12.3 Å². The molecule has 1 atom stereocenters. The zero-order valence-corrected chi connectivity index (χ0v) is 24.3. The number of carboxylic acid groups (broad SMARTS) is 2. The summed E-state index contributed by atoms with van der Waals surface area (Å²) in [5, 5.41) is 22.8. The lowest BCUT2D eigenvalue weighted by atomic mass is 10.1. The third kappa shape index (κ3) is 28.7. The van der Waals surface area contributed by atoms with Crippen LogP contribution in [0.15, 0.2) is 0 Å². The van der Waals surface area contributed by atoms with Crippen molar-refractivity contribution in [2.45, 2.75) is 89.5 Å². The summed E-state index contributed by atoms with van der Waals surface area (Å²) in [7, 11) is 0. The Bertz CT molecular complexity index is 707. The SMILES string of the molecule is O=CCC[C@H](NC(=O)CCOCCOCCOCCOCCNC(=O)CCCCCCCCCCC(=O)O)C(=O)O. The normalized spacial score (nSPS) is 11.6. The molecule has 4 N–H and O–H groups in total. The lowest BCUT2D eigenvalue weighted by Gasteiger charge is -2.13. The van der Waals surface area contributed by atoms with Gasteiger partial charge in [-0.3, -0.25) is 14.4 Å². The van der Waals surface area contributed by atoms with Crippen molar-refractivity contribution in [3.8, 4) is 0 Å². The highest BCUT2D eigenvalue weighted by atomic mass is 16.6. The number of nitrogens with one attached hydrogen (secondary N) is 2. The maximum Gasteiger partial charge on any atom is 0.326 e. The van der Waals surface area contributed by atoms with Gasteiger partial charge in [0.25, 0.3) is 0 Å². The Morgan fingerprint density at radius 3 is 1.61 bits per heavy atom. The molecule has 0 aromatic heterocycles. The Morgan fingerprint density at radius 2 is 1.10 bits per heavy atom. The van der Waals surface area contributed by atoms with Crippen LogP contribution >= 0.6 is 0 Å². The van der Waals surface area contributed by atoms with Gasteiger partial charge in [0.2, 0.25) is 11.8 Å². The zero-order chi connectivity index (χ0) is 30.4. The molecule has 0 radical (unpaired) electrons. The molecular weight excluding hydrogens is 540 g/mol. The average molecular weight is 591 g/mol. The van der Waals surface area contributed by atoms with Gasteiger partial charge in [0, 0.05) is 32.2 Å². The second-order valence-corrected chi connectivity index (χ2v) is 9.47. The molecule has 0 aromatic carbocycles. The van der Waals surface area contributed by atoms with E-state index in [2.05, 4.69) is 10.6 Å². The fourth-order valence-electron chi connectivity index (χ4n) is 3.66. The second kappa shape index (κ2) is 28.9. The van der Waals surface area contributed by atoms with Crippen LogP contribution in [0.5, 0.6) is 0 Å². The van der Waals surface area contributed by atoms with Gasteiger partial charge < -0.3 is 44.6 Å². The topological polar surface area (TPSA) is 187 Å². The van der Waals surface area contributed by atoms with Crippen molar-refractivity contribution in [1.82, 2.24) is 10.6 Å². The fraction of sp³-hybridized carbons (Fsp3) is 0.821. The Balaban J connectivity index is 3.35. The minimum absolute atomic E-state index is 0.0125. The first-order valence-electron chi connectivity index (χ1n) is 14.6. The van der Waals surface area contributed by atoms with Gasteiger partial charge in [0.15, 0.2) is 0 Å². The van der Waals surface area contributed by atoms with E-state index in [0.29, 0.717) is 58.9 Å². The number of aldehydes is 1. The van der Waals surface area contributed by atoms with Gasteiger partial charge in [0.05, 0.1) is 52.9 Å². The van der Waals surface area contributed by atoms with E-state index >= 15 is 0 Å². The van der Waals surface area contributed by atoms with E-state index in [1.165, 1.54) is 0 Å². The van der Waals surface area contributed by atoms with Gasteiger partial charge in [-0.25, -0.2) is 4.79 Å². The third-order valence-corrected chi connectivity index (χ3v) is 5.91. The molecule has 13 heteroatoms. The van der Waals surface area contributed by atoms with Crippen LogP contribution < -0.4 is 10.6 Å². The van der Waals surface area contributed by atoms with Gasteiger partial charge >= 0.3 is 11.9 Å². The maximum atomic E-state index is 11.8. The molecule has 0 aliphatic heterocycles. The summed E-state index contributed by atoms with van der Waals surface area (Å²) in [6.07, 6.45) is 9.50. The van der Waals surface area contributed by atoms with Crippen molar-refractivity contribution >= 4 is 30.0 Å². The molecule has 238 valence electrons. The molecule has 2 amide bonds. The number of amides is 2. The Hall–Kier alpha value is -2.61. The van der Waals surface area contributed by atoms with Crippen molar-refractivity contribution in [3.05, 3.63) is 0 Å². The van der Waals surface area contributed by atoms with Gasteiger partial charge in [-0.1, -0.05) is 38.5 Å². The first-order valence-corrected chi connectivity index (χ1v) is 14.6. The van der Waals surface area contributed by atoms with E-state index in [1.807, 2.05) is 0 Å². The minimum Gasteiger partial charge on any atom is -0.481 e. The Kier molecular flexibility index (Phi) is 27.1. The fourth-order valence-corrected chi connectivity index (χ4v) is 3.66. The van der Waals surface area contributed by atoms with E-state index in [4.69, 9.17) is 29.2 Å². The number of aliphatic carboxylic acids is 2. The number of unbranched alkanes of at least 4 members (excludes halogenated alkanes) is 7. The molecule has 0 saturated carbocycles. The molecule has 0 heterocycles. The molecule has 0 rings (SSSR count). The van der Waals surface area contributed by atoms with Crippen LogP contribution in [-0.4, -0.2) is 106 Å². The molecule has 0 unspecified atom stereocenters. The van der Waals surface area contributed by atoms with Crippen LogP contribution in [0.3, 0.4) is 0 Å². The molecular formula is C28H50N2O11. The second-order valence-electron chi connectivity index (χ2n) is 9.47. The van der Waals surface area contributed by atoms with Gasteiger partial charge in [-0.2, -0.15) is 0 Å². The van der Waals surface area contributed by atoms with Gasteiger partial charge in [-0.05, 0) is 19.3 Å². The van der Waals surface area contributed by atoms with Crippen molar-refractivity contribution in [1.29, 1.82) is 0 Å². The smallest absolute Gasteiger partial charge is 0.326 e. The van der Waals surface area contributed by atoms with E-state index in [9.17, 15) is 24.0 Å². The minimum atomic E-state index is -1.18. The zero-order valence-electron chi connectivity index (χ0n) is 24.3. The first kappa shape index (κ1) is 38.4. The van der Waals surface area contributed by atoms with Crippen LogP contribution in [-0.2, 0) is 42.9 Å². The van der Waals surface area contributed by atoms with Crippen molar-refractivity contribution in [2.24, 2.45) is 0 Å². The van der Waals surface area contributed by atoms with Crippen LogP contribution in [0.4, 0.5) is 0 Å². The monoisotopic (exact) mass is 590 g/mol. The van der Waals surface area contributed by atoms with E-state index < -0.39 is 23.9 Å². The summed E-state index contributed by atoms with van der Waals surface area (Å²) in [6.45, 7) is 3.21. The molecule has 13 nitrogen and oxygen atoms in total. The summed E-state index contributed by atoms with van der Waals surface area (Å²) < 4.78 is 21.5.